The second-order valence-corrected chi connectivity index (χ2v) is 1.29. The summed E-state index contributed by atoms with van der Waals surface area (Å²) in [6.45, 7) is 0. The number of thiol groups is 1. The minimum absolute atomic E-state index is 0.478. The van der Waals surface area contributed by atoms with E-state index < -0.39 is 5.97 Å². The van der Waals surface area contributed by atoms with Crippen molar-refractivity contribution in [1.82, 2.24) is 0 Å². The Morgan fingerprint density at radius 2 is 2.43 bits per heavy atom. The monoisotopic (exact) mass is 118 g/mol. The summed E-state index contributed by atoms with van der Waals surface area (Å²) in [5.74, 6) is -0.444. The molecule has 0 rings (SSSR count). The van der Waals surface area contributed by atoms with E-state index in [1.165, 1.54) is 6.08 Å². The molecule has 0 saturated heterocycles. The second-order valence-electron chi connectivity index (χ2n) is 0.923. The minimum Gasteiger partial charge on any atom is -0.478 e. The van der Waals surface area contributed by atoms with Crippen LogP contribution in [0.3, 0.4) is 0 Å². The van der Waals surface area contributed by atoms with E-state index in [1.807, 2.05) is 0 Å². The van der Waals surface area contributed by atoms with Crippen LogP contribution in [-0.2, 0) is 4.79 Å². The highest BCUT2D eigenvalue weighted by Crippen LogP contribution is 1.75. The summed E-state index contributed by atoms with van der Waals surface area (Å²) in [5.41, 5.74) is 0. The molecule has 0 aliphatic heterocycles. The van der Waals surface area contributed by atoms with Crippen LogP contribution < -0.4 is 0 Å². The van der Waals surface area contributed by atoms with Crippen molar-refractivity contribution in [3.05, 3.63) is 12.2 Å². The summed E-state index contributed by atoms with van der Waals surface area (Å²) in [5, 5.41) is 7.92. The summed E-state index contributed by atoms with van der Waals surface area (Å²) in [4.78, 5) is 9.64. The summed E-state index contributed by atoms with van der Waals surface area (Å²) >= 11 is 3.75. The van der Waals surface area contributed by atoms with Gasteiger partial charge in [-0.05, 0) is 0 Å². The summed E-state index contributed by atoms with van der Waals surface area (Å²) in [6, 6.07) is 0. The summed E-state index contributed by atoms with van der Waals surface area (Å²) < 4.78 is 0. The molecule has 0 amide bonds. The highest BCUT2D eigenvalue weighted by atomic mass is 32.1. The van der Waals surface area contributed by atoms with Gasteiger partial charge in [-0.3, -0.25) is 0 Å². The van der Waals surface area contributed by atoms with Crippen LogP contribution in [0.15, 0.2) is 12.2 Å². The lowest BCUT2D eigenvalue weighted by molar-refractivity contribution is -0.131. The quantitative estimate of drug-likeness (QED) is 0.410. The lowest BCUT2D eigenvalue weighted by Gasteiger charge is -1.73. The molecule has 0 atom stereocenters. The minimum atomic E-state index is -0.922. The van der Waals surface area contributed by atoms with Crippen LogP contribution in [0.4, 0.5) is 0 Å². The number of rotatable bonds is 2. The molecule has 0 heterocycles. The van der Waals surface area contributed by atoms with Crippen LogP contribution in [0.1, 0.15) is 0 Å². The molecular formula is C4H6O2S. The predicted molar refractivity (Wildman–Crippen MR) is 30.6 cm³/mol. The normalized spacial score (nSPS) is 9.86. The van der Waals surface area contributed by atoms with Crippen LogP contribution in [0, 0.1) is 0 Å². The van der Waals surface area contributed by atoms with Crippen molar-refractivity contribution in [2.75, 3.05) is 5.75 Å². The number of hydrogen-bond donors (Lipinski definition) is 2. The Hall–Kier alpha value is -0.440. The maximum atomic E-state index is 9.64. The first kappa shape index (κ1) is 6.56. The van der Waals surface area contributed by atoms with Crippen LogP contribution in [0.5, 0.6) is 0 Å². The maximum Gasteiger partial charge on any atom is 0.328 e. The average Bonchev–Trinajstić information content (AvgIpc) is 1.61. The van der Waals surface area contributed by atoms with Crippen molar-refractivity contribution in [2.24, 2.45) is 0 Å². The number of carbonyl (C=O) groups is 1. The third-order valence-corrected chi connectivity index (χ3v) is 0.577. The molecule has 0 fully saturated rings. The third-order valence-electron chi connectivity index (χ3n) is 0.366. The Labute approximate surface area is 47.3 Å². The van der Waals surface area contributed by atoms with Gasteiger partial charge in [0.25, 0.3) is 0 Å². The second kappa shape index (κ2) is 3.74. The van der Waals surface area contributed by atoms with Crippen molar-refractivity contribution >= 4 is 18.6 Å². The molecule has 7 heavy (non-hydrogen) atoms. The van der Waals surface area contributed by atoms with E-state index >= 15 is 0 Å². The molecule has 0 aromatic heterocycles. The molecule has 0 spiro atoms. The van der Waals surface area contributed by atoms with Crippen molar-refractivity contribution in [1.29, 1.82) is 0 Å². The van der Waals surface area contributed by atoms with Gasteiger partial charge in [-0.15, -0.1) is 0 Å². The molecule has 0 aliphatic rings. The zero-order valence-electron chi connectivity index (χ0n) is 3.66. The SMILES string of the molecule is O=C(O)/C=C/CS. The predicted octanol–water partition coefficient (Wildman–Crippen LogP) is 0.557. The Kier molecular flexibility index (Phi) is 3.50. The van der Waals surface area contributed by atoms with Gasteiger partial charge >= 0.3 is 5.97 Å². The van der Waals surface area contributed by atoms with E-state index in [0.29, 0.717) is 5.75 Å². The molecule has 0 aliphatic carbocycles. The van der Waals surface area contributed by atoms with E-state index in [4.69, 9.17) is 5.11 Å². The van der Waals surface area contributed by atoms with Crippen molar-refractivity contribution in [3.63, 3.8) is 0 Å². The van der Waals surface area contributed by atoms with Crippen LogP contribution >= 0.6 is 12.6 Å². The third kappa shape index (κ3) is 5.56. The first-order valence-corrected chi connectivity index (χ1v) is 2.41. The van der Waals surface area contributed by atoms with Gasteiger partial charge in [-0.1, -0.05) is 6.08 Å². The molecule has 1 N–H and O–H groups in total. The lowest BCUT2D eigenvalue weighted by atomic mass is 10.5. The van der Waals surface area contributed by atoms with E-state index in [2.05, 4.69) is 12.6 Å². The van der Waals surface area contributed by atoms with Crippen molar-refractivity contribution in [2.45, 2.75) is 0 Å². The van der Waals surface area contributed by atoms with Crippen LogP contribution in [0.25, 0.3) is 0 Å². The Bertz CT molecular complexity index is 87.7. The maximum absolute atomic E-state index is 9.64. The Balaban J connectivity index is 3.26. The van der Waals surface area contributed by atoms with Gasteiger partial charge in [-0.2, -0.15) is 12.6 Å². The Morgan fingerprint density at radius 1 is 1.86 bits per heavy atom. The smallest absolute Gasteiger partial charge is 0.328 e. The number of hydrogen-bond acceptors (Lipinski definition) is 2. The molecule has 0 aromatic carbocycles. The van der Waals surface area contributed by atoms with Gasteiger partial charge in [0, 0.05) is 11.8 Å². The molecule has 3 heteroatoms. The fraction of sp³-hybridized carbons (Fsp3) is 0.250. The molecule has 2 nitrogen and oxygen atoms in total. The molecule has 0 radical (unpaired) electrons. The van der Waals surface area contributed by atoms with Gasteiger partial charge in [0.05, 0.1) is 0 Å². The highest BCUT2D eigenvalue weighted by molar-refractivity contribution is 7.80. The first-order valence-electron chi connectivity index (χ1n) is 1.77. The number of aliphatic carboxylic acids is 1. The molecule has 40 valence electrons. The zero-order valence-corrected chi connectivity index (χ0v) is 4.56. The van der Waals surface area contributed by atoms with Gasteiger partial charge in [0.1, 0.15) is 0 Å². The molecule has 0 unspecified atom stereocenters. The van der Waals surface area contributed by atoms with Crippen LogP contribution in [-0.4, -0.2) is 16.8 Å². The topological polar surface area (TPSA) is 37.3 Å². The van der Waals surface area contributed by atoms with Crippen molar-refractivity contribution < 1.29 is 9.90 Å². The average molecular weight is 118 g/mol. The number of carboxylic acids is 1. The highest BCUT2D eigenvalue weighted by Gasteiger charge is 1.79. The first-order chi connectivity index (χ1) is 3.27. The fourth-order valence-electron chi connectivity index (χ4n) is 0.154. The van der Waals surface area contributed by atoms with Gasteiger partial charge in [0.15, 0.2) is 0 Å². The molecule has 0 bridgehead atoms. The molecular weight excluding hydrogens is 112 g/mol. The van der Waals surface area contributed by atoms with E-state index in [9.17, 15) is 4.79 Å². The van der Waals surface area contributed by atoms with Crippen LogP contribution in [0.2, 0.25) is 0 Å². The standard InChI is InChI=1S/C4H6O2S/c5-4(6)2-1-3-7/h1-2,7H,3H2,(H,5,6)/b2-1+. The zero-order chi connectivity index (χ0) is 5.70. The fourth-order valence-corrected chi connectivity index (χ4v) is 0.259. The lowest BCUT2D eigenvalue weighted by Crippen LogP contribution is -1.85. The van der Waals surface area contributed by atoms with E-state index in [-0.39, 0.29) is 0 Å². The molecule has 0 saturated carbocycles. The summed E-state index contributed by atoms with van der Waals surface area (Å²) in [6.07, 6.45) is 2.53. The molecule has 0 aromatic rings. The number of carboxylic acid groups (broad SMARTS) is 1. The van der Waals surface area contributed by atoms with Gasteiger partial charge in [0.2, 0.25) is 0 Å². The summed E-state index contributed by atoms with van der Waals surface area (Å²) in [7, 11) is 0. The Morgan fingerprint density at radius 3 is 2.57 bits per heavy atom. The van der Waals surface area contributed by atoms with E-state index in [0.717, 1.165) is 6.08 Å². The largest absolute Gasteiger partial charge is 0.478 e. The van der Waals surface area contributed by atoms with Gasteiger partial charge < -0.3 is 5.11 Å². The van der Waals surface area contributed by atoms with Crippen molar-refractivity contribution in [3.8, 4) is 0 Å². The van der Waals surface area contributed by atoms with E-state index in [1.54, 1.807) is 0 Å². The van der Waals surface area contributed by atoms with Gasteiger partial charge in [-0.25, -0.2) is 4.79 Å².